The van der Waals surface area contributed by atoms with Crippen LogP contribution < -0.4 is 0 Å². The van der Waals surface area contributed by atoms with Crippen LogP contribution in [0, 0.1) is 0 Å². The molecule has 0 atom stereocenters. The van der Waals surface area contributed by atoms with E-state index in [9.17, 15) is 13.2 Å². The molecule has 1 rings (SSSR count). The van der Waals surface area contributed by atoms with Crippen molar-refractivity contribution in [2.24, 2.45) is 0 Å². The lowest BCUT2D eigenvalue weighted by Crippen LogP contribution is -2.35. The van der Waals surface area contributed by atoms with E-state index in [1.54, 1.807) is 11.8 Å². The molecule has 1 N–H and O–H groups in total. The molecule has 1 heterocycles. The summed E-state index contributed by atoms with van der Waals surface area (Å²) in [5.41, 5.74) is 0. The molecule has 0 aromatic rings. The Labute approximate surface area is 107 Å². The topological polar surface area (TPSA) is 74.7 Å². The van der Waals surface area contributed by atoms with E-state index in [4.69, 9.17) is 5.11 Å². The summed E-state index contributed by atoms with van der Waals surface area (Å²) < 4.78 is 25.3. The Balaban J connectivity index is 2.63. The second-order valence-corrected chi connectivity index (χ2v) is 8.61. The molecule has 1 fully saturated rings. The molecular formula is C10H19NO4S2. The van der Waals surface area contributed by atoms with E-state index in [0.717, 1.165) is 12.2 Å². The number of nitrogens with zero attached hydrogens (tertiary/aromatic N) is 1. The molecule has 0 bridgehead atoms. The van der Waals surface area contributed by atoms with Gasteiger partial charge in [-0.15, -0.1) is 0 Å². The summed E-state index contributed by atoms with van der Waals surface area (Å²) in [7, 11) is -3.41. The van der Waals surface area contributed by atoms with E-state index >= 15 is 0 Å². The van der Waals surface area contributed by atoms with E-state index in [0.29, 0.717) is 13.1 Å². The molecule has 5 nitrogen and oxygen atoms in total. The normalized spacial score (nSPS) is 22.0. The van der Waals surface area contributed by atoms with Crippen molar-refractivity contribution in [2.45, 2.75) is 31.4 Å². The van der Waals surface area contributed by atoms with Gasteiger partial charge in [0.25, 0.3) is 0 Å². The summed E-state index contributed by atoms with van der Waals surface area (Å²) in [6, 6.07) is 0. The number of carboxylic acid groups (broad SMARTS) is 1. The third-order valence-corrected chi connectivity index (χ3v) is 6.01. The summed E-state index contributed by atoms with van der Waals surface area (Å²) in [5, 5.41) is 8.53. The van der Waals surface area contributed by atoms with Gasteiger partial charge in [-0.25, -0.2) is 12.7 Å². The third-order valence-electron chi connectivity index (χ3n) is 2.76. The van der Waals surface area contributed by atoms with E-state index < -0.39 is 16.0 Å². The van der Waals surface area contributed by atoms with E-state index in [1.807, 2.05) is 0 Å². The van der Waals surface area contributed by atoms with Crippen LogP contribution >= 0.6 is 11.8 Å². The van der Waals surface area contributed by atoms with Crippen molar-refractivity contribution in [2.75, 3.05) is 24.6 Å². The van der Waals surface area contributed by atoms with Crippen LogP contribution in [0.2, 0.25) is 0 Å². The number of hydrogen-bond donors (Lipinski definition) is 1. The van der Waals surface area contributed by atoms with Gasteiger partial charge in [0, 0.05) is 23.6 Å². The number of rotatable bonds is 4. The predicted molar refractivity (Wildman–Crippen MR) is 68.8 cm³/mol. The first-order valence-electron chi connectivity index (χ1n) is 5.56. The van der Waals surface area contributed by atoms with Crippen molar-refractivity contribution in [3.63, 3.8) is 0 Å². The molecule has 17 heavy (non-hydrogen) atoms. The fraction of sp³-hybridized carbons (Fsp3) is 0.900. The zero-order valence-electron chi connectivity index (χ0n) is 10.2. The number of aliphatic carboxylic acids is 1. The van der Waals surface area contributed by atoms with Gasteiger partial charge >= 0.3 is 5.97 Å². The van der Waals surface area contributed by atoms with Gasteiger partial charge in [0.2, 0.25) is 10.0 Å². The summed E-state index contributed by atoms with van der Waals surface area (Å²) in [4.78, 5) is 10.4. The average molecular weight is 281 g/mol. The number of thioether (sulfide) groups is 1. The van der Waals surface area contributed by atoms with Crippen molar-refractivity contribution < 1.29 is 18.3 Å². The molecule has 0 aliphatic carbocycles. The van der Waals surface area contributed by atoms with Gasteiger partial charge in [-0.05, 0) is 6.42 Å². The standard InChI is InChI=1S/C10H19NO4S2/c1-10(2)4-5-11(6-7-16-10)17(14,15)8-3-9(12)13/h3-8H2,1-2H3,(H,12,13). The molecule has 0 saturated carbocycles. The molecule has 1 aliphatic heterocycles. The monoisotopic (exact) mass is 281 g/mol. The van der Waals surface area contributed by atoms with Gasteiger partial charge in [-0.3, -0.25) is 4.79 Å². The Bertz CT molecular complexity index is 378. The fourth-order valence-electron chi connectivity index (χ4n) is 1.63. The van der Waals surface area contributed by atoms with Crippen molar-refractivity contribution in [1.82, 2.24) is 4.31 Å². The highest BCUT2D eigenvalue weighted by Gasteiger charge is 2.29. The SMILES string of the molecule is CC1(C)CCN(S(=O)(=O)CCC(=O)O)CCS1. The first-order chi connectivity index (χ1) is 7.73. The molecule has 1 aliphatic rings. The minimum atomic E-state index is -3.41. The molecule has 0 radical (unpaired) electrons. The molecule has 0 amide bonds. The third kappa shape index (κ3) is 4.85. The number of hydrogen-bond acceptors (Lipinski definition) is 4. The molecule has 0 aromatic heterocycles. The molecular weight excluding hydrogens is 262 g/mol. The fourth-order valence-corrected chi connectivity index (χ4v) is 4.27. The Morgan fingerprint density at radius 3 is 2.65 bits per heavy atom. The van der Waals surface area contributed by atoms with E-state index in [-0.39, 0.29) is 16.9 Å². The molecule has 0 unspecified atom stereocenters. The zero-order chi connectivity index (χ0) is 13.1. The summed E-state index contributed by atoms with van der Waals surface area (Å²) in [6.07, 6.45) is 0.472. The van der Waals surface area contributed by atoms with Gasteiger partial charge in [0.1, 0.15) is 0 Å². The highest BCUT2D eigenvalue weighted by molar-refractivity contribution is 8.00. The first kappa shape index (κ1) is 14.8. The van der Waals surface area contributed by atoms with Crippen LogP contribution in [0.4, 0.5) is 0 Å². The maximum atomic E-state index is 11.9. The predicted octanol–water partition coefficient (Wildman–Crippen LogP) is 1.01. The molecule has 0 aromatic carbocycles. The smallest absolute Gasteiger partial charge is 0.304 e. The highest BCUT2D eigenvalue weighted by Crippen LogP contribution is 2.31. The Hall–Kier alpha value is -0.270. The second kappa shape index (κ2) is 5.58. The maximum Gasteiger partial charge on any atom is 0.304 e. The first-order valence-corrected chi connectivity index (χ1v) is 8.16. The highest BCUT2D eigenvalue weighted by atomic mass is 32.2. The van der Waals surface area contributed by atoms with Crippen LogP contribution in [0.25, 0.3) is 0 Å². The largest absolute Gasteiger partial charge is 0.481 e. The van der Waals surface area contributed by atoms with Crippen LogP contribution in [0.15, 0.2) is 0 Å². The van der Waals surface area contributed by atoms with Gasteiger partial charge in [0.15, 0.2) is 0 Å². The van der Waals surface area contributed by atoms with Gasteiger partial charge < -0.3 is 5.11 Å². The summed E-state index contributed by atoms with van der Waals surface area (Å²) >= 11 is 1.76. The summed E-state index contributed by atoms with van der Waals surface area (Å²) in [6.45, 7) is 5.17. The Morgan fingerprint density at radius 2 is 2.06 bits per heavy atom. The van der Waals surface area contributed by atoms with Gasteiger partial charge in [-0.1, -0.05) is 13.8 Å². The average Bonchev–Trinajstić information content (AvgIpc) is 2.37. The van der Waals surface area contributed by atoms with Crippen LogP contribution in [0.5, 0.6) is 0 Å². The van der Waals surface area contributed by atoms with Crippen LogP contribution in [0.1, 0.15) is 26.7 Å². The second-order valence-electron chi connectivity index (χ2n) is 4.72. The van der Waals surface area contributed by atoms with Gasteiger partial charge in [0.05, 0.1) is 12.2 Å². The van der Waals surface area contributed by atoms with E-state index in [2.05, 4.69) is 13.8 Å². The molecule has 0 spiro atoms. The number of sulfonamides is 1. The summed E-state index contributed by atoms with van der Waals surface area (Å²) in [5.74, 6) is -0.606. The lowest BCUT2D eigenvalue weighted by molar-refractivity contribution is -0.136. The maximum absolute atomic E-state index is 11.9. The van der Waals surface area contributed by atoms with Crippen molar-refractivity contribution in [1.29, 1.82) is 0 Å². The van der Waals surface area contributed by atoms with Crippen molar-refractivity contribution >= 4 is 27.8 Å². The molecule has 7 heteroatoms. The zero-order valence-corrected chi connectivity index (χ0v) is 11.8. The van der Waals surface area contributed by atoms with Gasteiger partial charge in [-0.2, -0.15) is 11.8 Å². The Kier molecular flexibility index (Phi) is 4.86. The van der Waals surface area contributed by atoms with Crippen LogP contribution in [0.3, 0.4) is 0 Å². The van der Waals surface area contributed by atoms with Crippen molar-refractivity contribution in [3.05, 3.63) is 0 Å². The van der Waals surface area contributed by atoms with Crippen LogP contribution in [-0.4, -0.2) is 53.1 Å². The quantitative estimate of drug-likeness (QED) is 0.832. The lowest BCUT2D eigenvalue weighted by atomic mass is 10.1. The minimum absolute atomic E-state index is 0.0943. The van der Waals surface area contributed by atoms with E-state index in [1.165, 1.54) is 4.31 Å². The minimum Gasteiger partial charge on any atom is -0.481 e. The van der Waals surface area contributed by atoms with Crippen LogP contribution in [-0.2, 0) is 14.8 Å². The molecule has 100 valence electrons. The van der Waals surface area contributed by atoms with Crippen molar-refractivity contribution in [3.8, 4) is 0 Å². The number of carbonyl (C=O) groups is 1. The Morgan fingerprint density at radius 1 is 1.41 bits per heavy atom. The number of carboxylic acids is 1. The lowest BCUT2D eigenvalue weighted by Gasteiger charge is -2.22. The molecule has 1 saturated heterocycles.